The summed E-state index contributed by atoms with van der Waals surface area (Å²) in [4.78, 5) is 15.3. The summed E-state index contributed by atoms with van der Waals surface area (Å²) in [6, 6.07) is 9.57. The summed E-state index contributed by atoms with van der Waals surface area (Å²) in [5.74, 6) is 0.408. The quantitative estimate of drug-likeness (QED) is 0.412. The molecule has 188 valence electrons. The van der Waals surface area contributed by atoms with Crippen molar-refractivity contribution in [2.45, 2.75) is 69.7 Å². The van der Waals surface area contributed by atoms with Crippen LogP contribution in [-0.4, -0.2) is 26.1 Å². The monoisotopic (exact) mass is 498 g/mol. The van der Waals surface area contributed by atoms with Gasteiger partial charge >= 0.3 is 0 Å². The van der Waals surface area contributed by atoms with Crippen LogP contribution in [0, 0.1) is 17.7 Å². The Bertz CT molecular complexity index is 1370. The van der Waals surface area contributed by atoms with Gasteiger partial charge in [-0.25, -0.2) is 12.8 Å². The van der Waals surface area contributed by atoms with Crippen LogP contribution in [-0.2, 0) is 22.8 Å². The van der Waals surface area contributed by atoms with E-state index in [-0.39, 0.29) is 15.2 Å². The Morgan fingerprint density at radius 3 is 2.29 bits per heavy atom. The van der Waals surface area contributed by atoms with Gasteiger partial charge in [-0.1, -0.05) is 46.2 Å². The van der Waals surface area contributed by atoms with Gasteiger partial charge in [-0.3, -0.25) is 4.79 Å². The molecule has 2 heterocycles. The molecule has 0 N–H and O–H groups in total. The zero-order chi connectivity index (χ0) is 25.3. The highest BCUT2D eigenvalue weighted by Crippen LogP contribution is 2.32. The average Bonchev–Trinajstić information content (AvgIpc) is 2.82. The smallest absolute Gasteiger partial charge is 0.211 e. The summed E-state index contributed by atoms with van der Waals surface area (Å²) in [5.41, 5.74) is 1.41. The van der Waals surface area contributed by atoms with Crippen molar-refractivity contribution < 1.29 is 12.8 Å². The lowest BCUT2D eigenvalue weighted by Gasteiger charge is -2.37. The van der Waals surface area contributed by atoms with Crippen molar-refractivity contribution in [3.05, 3.63) is 64.2 Å². The van der Waals surface area contributed by atoms with E-state index in [1.807, 2.05) is 11.5 Å². The fourth-order valence-electron chi connectivity index (χ4n) is 5.21. The second kappa shape index (κ2) is 10.1. The molecule has 1 fully saturated rings. The van der Waals surface area contributed by atoms with Gasteiger partial charge in [-0.05, 0) is 60.9 Å². The van der Waals surface area contributed by atoms with Crippen LogP contribution in [0.3, 0.4) is 0 Å². The Morgan fingerprint density at radius 1 is 1.03 bits per heavy atom. The minimum absolute atomic E-state index is 0.0709. The Labute approximate surface area is 207 Å². The van der Waals surface area contributed by atoms with Crippen molar-refractivity contribution in [2.24, 2.45) is 11.8 Å². The van der Waals surface area contributed by atoms with E-state index >= 15 is 4.39 Å². The molecule has 0 saturated carbocycles. The van der Waals surface area contributed by atoms with Gasteiger partial charge in [0, 0.05) is 25.8 Å². The summed E-state index contributed by atoms with van der Waals surface area (Å²) < 4.78 is 44.2. The van der Waals surface area contributed by atoms with Crippen LogP contribution < -0.4 is 10.3 Å². The molecule has 1 aliphatic heterocycles. The van der Waals surface area contributed by atoms with Gasteiger partial charge in [-0.2, -0.15) is 0 Å². The van der Waals surface area contributed by atoms with E-state index in [2.05, 4.69) is 25.7 Å². The summed E-state index contributed by atoms with van der Waals surface area (Å²) in [7, 11) is -4.06. The maximum atomic E-state index is 15.4. The van der Waals surface area contributed by atoms with Crippen LogP contribution in [0.25, 0.3) is 10.9 Å². The maximum absolute atomic E-state index is 15.4. The Morgan fingerprint density at radius 2 is 1.69 bits per heavy atom. The number of hydrogen-bond donors (Lipinski definition) is 0. The largest absolute Gasteiger partial charge is 0.369 e. The Balaban J connectivity index is 1.89. The SMILES string of the molecule is CCCCn1cc(S(=O)(=O)c2ccc(CC)cc2)c(=O)c2cc(F)c(N3C[C@@H](C)C[C@H](C)C3)cc21. The molecule has 7 heteroatoms. The molecule has 0 spiro atoms. The van der Waals surface area contributed by atoms with E-state index in [1.165, 1.54) is 24.4 Å². The molecule has 0 aliphatic carbocycles. The lowest BCUT2D eigenvalue weighted by molar-refractivity contribution is 0.354. The number of nitrogens with zero attached hydrogens (tertiary/aromatic N) is 2. The molecule has 2 atom stereocenters. The number of anilines is 1. The number of sulfone groups is 1. The van der Waals surface area contributed by atoms with Gasteiger partial charge in [-0.15, -0.1) is 0 Å². The first-order valence-electron chi connectivity index (χ1n) is 12.6. The zero-order valence-corrected chi connectivity index (χ0v) is 21.9. The van der Waals surface area contributed by atoms with E-state index in [0.29, 0.717) is 29.6 Å². The first-order valence-corrected chi connectivity index (χ1v) is 14.1. The number of halogens is 1. The highest BCUT2D eigenvalue weighted by atomic mass is 32.2. The van der Waals surface area contributed by atoms with Gasteiger partial charge in [0.25, 0.3) is 0 Å². The van der Waals surface area contributed by atoms with Crippen LogP contribution in [0.2, 0.25) is 0 Å². The number of rotatable bonds is 7. The second-order valence-corrected chi connectivity index (χ2v) is 12.0. The normalized spacial score (nSPS) is 18.8. The minimum Gasteiger partial charge on any atom is -0.369 e. The van der Waals surface area contributed by atoms with Crippen LogP contribution in [0.5, 0.6) is 0 Å². The fourth-order valence-corrected chi connectivity index (χ4v) is 6.58. The van der Waals surface area contributed by atoms with Crippen molar-refractivity contribution in [1.29, 1.82) is 0 Å². The molecular weight excluding hydrogens is 463 g/mol. The molecule has 2 aromatic carbocycles. The van der Waals surface area contributed by atoms with E-state index in [9.17, 15) is 13.2 Å². The van der Waals surface area contributed by atoms with Crippen LogP contribution >= 0.6 is 0 Å². The van der Waals surface area contributed by atoms with Crippen molar-refractivity contribution >= 4 is 26.4 Å². The number of fused-ring (bicyclic) bond motifs is 1. The molecule has 0 radical (unpaired) electrons. The third kappa shape index (κ3) is 5.01. The van der Waals surface area contributed by atoms with E-state index in [1.54, 1.807) is 18.2 Å². The number of piperidine rings is 1. The van der Waals surface area contributed by atoms with Gasteiger partial charge in [0.05, 0.1) is 21.5 Å². The number of aromatic nitrogens is 1. The molecule has 0 bridgehead atoms. The van der Waals surface area contributed by atoms with Crippen LogP contribution in [0.15, 0.2) is 57.2 Å². The van der Waals surface area contributed by atoms with Gasteiger partial charge < -0.3 is 9.47 Å². The standard InChI is InChI=1S/C28H35FN2O3S/c1-5-7-12-30-18-27(35(33,34)22-10-8-21(6-2)9-11-22)28(32)23-14-24(29)26(15-25(23)30)31-16-19(3)13-20(4)17-31/h8-11,14-15,18-20H,5-7,12-13,16-17H2,1-4H3/t19-,20-/m0/s1. The van der Waals surface area contributed by atoms with Crippen molar-refractivity contribution in [1.82, 2.24) is 4.57 Å². The first-order chi connectivity index (χ1) is 16.6. The second-order valence-electron chi connectivity index (χ2n) is 10.0. The number of unbranched alkanes of at least 4 members (excludes halogenated alkanes) is 1. The molecule has 3 aromatic rings. The maximum Gasteiger partial charge on any atom is 0.211 e. The minimum atomic E-state index is -4.06. The number of aryl methyl sites for hydroxylation is 2. The van der Waals surface area contributed by atoms with Gasteiger partial charge in [0.1, 0.15) is 10.7 Å². The summed E-state index contributed by atoms with van der Waals surface area (Å²) >= 11 is 0. The Kier molecular flexibility index (Phi) is 7.36. The molecule has 35 heavy (non-hydrogen) atoms. The molecular formula is C28H35FN2O3S. The topological polar surface area (TPSA) is 59.4 Å². The summed E-state index contributed by atoms with van der Waals surface area (Å²) in [6.07, 6.45) is 5.06. The first kappa shape index (κ1) is 25.4. The third-order valence-electron chi connectivity index (χ3n) is 7.01. The average molecular weight is 499 g/mol. The third-order valence-corrected chi connectivity index (χ3v) is 8.77. The molecule has 1 aromatic heterocycles. The Hall–Kier alpha value is -2.67. The van der Waals surface area contributed by atoms with Crippen molar-refractivity contribution in [2.75, 3.05) is 18.0 Å². The molecule has 5 nitrogen and oxygen atoms in total. The molecule has 1 aliphatic rings. The molecule has 4 rings (SSSR count). The van der Waals surface area contributed by atoms with Gasteiger partial charge in [0.15, 0.2) is 0 Å². The lowest BCUT2D eigenvalue weighted by atomic mass is 9.91. The molecule has 0 amide bonds. The lowest BCUT2D eigenvalue weighted by Crippen LogP contribution is -2.39. The number of pyridine rings is 1. The van der Waals surface area contributed by atoms with E-state index in [0.717, 1.165) is 44.3 Å². The molecule has 0 unspecified atom stereocenters. The van der Waals surface area contributed by atoms with Crippen LogP contribution in [0.1, 0.15) is 52.5 Å². The highest BCUT2D eigenvalue weighted by molar-refractivity contribution is 7.91. The number of benzene rings is 2. The van der Waals surface area contributed by atoms with Crippen molar-refractivity contribution in [3.63, 3.8) is 0 Å². The highest BCUT2D eigenvalue weighted by Gasteiger charge is 2.27. The van der Waals surface area contributed by atoms with Gasteiger partial charge in [0.2, 0.25) is 15.3 Å². The molecule has 1 saturated heterocycles. The zero-order valence-electron chi connectivity index (χ0n) is 21.1. The van der Waals surface area contributed by atoms with Crippen LogP contribution in [0.4, 0.5) is 10.1 Å². The van der Waals surface area contributed by atoms with E-state index in [4.69, 9.17) is 0 Å². The van der Waals surface area contributed by atoms with Crippen molar-refractivity contribution in [3.8, 4) is 0 Å². The summed E-state index contributed by atoms with van der Waals surface area (Å²) in [5, 5.41) is 0.103. The predicted octanol–water partition coefficient (Wildman–Crippen LogP) is 5.82. The summed E-state index contributed by atoms with van der Waals surface area (Å²) in [6.45, 7) is 10.4. The predicted molar refractivity (Wildman–Crippen MR) is 140 cm³/mol. The fraction of sp³-hybridized carbons (Fsp3) is 0.464. The van der Waals surface area contributed by atoms with E-state index < -0.39 is 21.1 Å². The number of hydrogen-bond acceptors (Lipinski definition) is 4.